The van der Waals surface area contributed by atoms with Gasteiger partial charge in [0.05, 0.1) is 18.1 Å². The standard InChI is InChI=1S/C16H20N4OS/c21-16-4-1-5-19(16)10-14-9-18(11-15-3-2-6-22-15)8-13-7-17-12-20(13)14/h2-3,6-7,12,14H,1,4-5,8-11H2/t14-/m1/s1. The normalized spacial score (nSPS) is 22.3. The zero-order chi connectivity index (χ0) is 14.9. The van der Waals surface area contributed by atoms with Gasteiger partial charge in [0.2, 0.25) is 5.91 Å². The predicted molar refractivity (Wildman–Crippen MR) is 85.5 cm³/mol. The van der Waals surface area contributed by atoms with Crippen molar-refractivity contribution >= 4 is 17.2 Å². The highest BCUT2D eigenvalue weighted by Crippen LogP contribution is 2.25. The molecule has 116 valence electrons. The van der Waals surface area contributed by atoms with Crippen LogP contribution in [0.25, 0.3) is 0 Å². The predicted octanol–water partition coefficient (Wildman–Crippen LogP) is 2.12. The number of amides is 1. The van der Waals surface area contributed by atoms with Crippen molar-refractivity contribution in [3.05, 3.63) is 40.6 Å². The second-order valence-electron chi connectivity index (χ2n) is 6.14. The summed E-state index contributed by atoms with van der Waals surface area (Å²) in [6.45, 7) is 4.61. The minimum Gasteiger partial charge on any atom is -0.341 e. The third kappa shape index (κ3) is 2.68. The van der Waals surface area contributed by atoms with E-state index in [9.17, 15) is 4.79 Å². The highest BCUT2D eigenvalue weighted by Gasteiger charge is 2.29. The van der Waals surface area contributed by atoms with Crippen molar-refractivity contribution in [2.24, 2.45) is 0 Å². The van der Waals surface area contributed by atoms with Gasteiger partial charge in [-0.2, -0.15) is 0 Å². The highest BCUT2D eigenvalue weighted by atomic mass is 32.1. The fourth-order valence-electron chi connectivity index (χ4n) is 3.50. The third-order valence-corrected chi connectivity index (χ3v) is 5.42. The Labute approximate surface area is 134 Å². The van der Waals surface area contributed by atoms with Crippen molar-refractivity contribution in [2.75, 3.05) is 19.6 Å². The fourth-order valence-corrected chi connectivity index (χ4v) is 4.25. The summed E-state index contributed by atoms with van der Waals surface area (Å²) in [7, 11) is 0. The van der Waals surface area contributed by atoms with E-state index in [2.05, 4.69) is 32.0 Å². The maximum Gasteiger partial charge on any atom is 0.222 e. The molecule has 0 radical (unpaired) electrons. The average Bonchev–Trinajstić information content (AvgIpc) is 3.22. The summed E-state index contributed by atoms with van der Waals surface area (Å²) in [6, 6.07) is 4.61. The molecule has 0 aliphatic carbocycles. The van der Waals surface area contributed by atoms with Gasteiger partial charge in [-0.1, -0.05) is 6.07 Å². The van der Waals surface area contributed by atoms with Gasteiger partial charge in [0.25, 0.3) is 0 Å². The van der Waals surface area contributed by atoms with Gasteiger partial charge in [-0.05, 0) is 17.9 Å². The first-order valence-electron chi connectivity index (χ1n) is 7.83. The Morgan fingerprint density at radius 1 is 1.41 bits per heavy atom. The Morgan fingerprint density at radius 2 is 2.36 bits per heavy atom. The molecule has 0 N–H and O–H groups in total. The second kappa shape index (κ2) is 5.85. The number of rotatable bonds is 4. The molecule has 1 saturated heterocycles. The molecule has 2 aromatic heterocycles. The van der Waals surface area contributed by atoms with Crippen LogP contribution < -0.4 is 0 Å². The lowest BCUT2D eigenvalue weighted by Gasteiger charge is -2.36. The van der Waals surface area contributed by atoms with Crippen LogP contribution in [-0.2, 0) is 17.9 Å². The summed E-state index contributed by atoms with van der Waals surface area (Å²) in [5.74, 6) is 0.303. The number of nitrogens with zero attached hydrogens (tertiary/aromatic N) is 4. The molecule has 0 spiro atoms. The lowest BCUT2D eigenvalue weighted by atomic mass is 10.1. The van der Waals surface area contributed by atoms with Crippen molar-refractivity contribution in [3.8, 4) is 0 Å². The van der Waals surface area contributed by atoms with Gasteiger partial charge >= 0.3 is 0 Å². The molecular weight excluding hydrogens is 296 g/mol. The number of likely N-dealkylation sites (tertiary alicyclic amines) is 1. The zero-order valence-corrected chi connectivity index (χ0v) is 13.3. The van der Waals surface area contributed by atoms with Gasteiger partial charge in [-0.3, -0.25) is 9.69 Å². The van der Waals surface area contributed by atoms with Crippen LogP contribution in [0.5, 0.6) is 0 Å². The van der Waals surface area contributed by atoms with E-state index in [-0.39, 0.29) is 0 Å². The molecule has 1 amide bonds. The van der Waals surface area contributed by atoms with Crippen LogP contribution >= 0.6 is 11.3 Å². The van der Waals surface area contributed by atoms with E-state index in [1.165, 1.54) is 10.6 Å². The highest BCUT2D eigenvalue weighted by molar-refractivity contribution is 7.09. The minimum atomic E-state index is 0.303. The zero-order valence-electron chi connectivity index (χ0n) is 12.5. The number of carbonyl (C=O) groups is 1. The molecule has 4 heterocycles. The quantitative estimate of drug-likeness (QED) is 0.867. The second-order valence-corrected chi connectivity index (χ2v) is 7.17. The first-order chi connectivity index (χ1) is 10.8. The van der Waals surface area contributed by atoms with Crippen LogP contribution in [0, 0.1) is 0 Å². The first kappa shape index (κ1) is 14.0. The molecule has 0 unspecified atom stereocenters. The van der Waals surface area contributed by atoms with Gasteiger partial charge in [0.1, 0.15) is 0 Å². The van der Waals surface area contributed by atoms with Crippen LogP contribution in [0.1, 0.15) is 29.5 Å². The van der Waals surface area contributed by atoms with Gasteiger partial charge < -0.3 is 9.47 Å². The number of imidazole rings is 1. The number of hydrogen-bond acceptors (Lipinski definition) is 4. The van der Waals surface area contributed by atoms with Gasteiger partial charge in [-0.25, -0.2) is 4.98 Å². The SMILES string of the molecule is O=C1CCCN1C[C@H]1CN(Cc2cccs2)Cc2cncn21. The van der Waals surface area contributed by atoms with E-state index in [1.54, 1.807) is 11.3 Å². The Hall–Kier alpha value is -1.66. The van der Waals surface area contributed by atoms with Crippen LogP contribution in [-0.4, -0.2) is 44.9 Å². The fraction of sp³-hybridized carbons (Fsp3) is 0.500. The van der Waals surface area contributed by atoms with E-state index < -0.39 is 0 Å². The lowest BCUT2D eigenvalue weighted by Crippen LogP contribution is -2.42. The first-order valence-corrected chi connectivity index (χ1v) is 8.71. The van der Waals surface area contributed by atoms with E-state index in [0.29, 0.717) is 18.4 Å². The number of fused-ring (bicyclic) bond motifs is 1. The van der Waals surface area contributed by atoms with Crippen LogP contribution in [0.3, 0.4) is 0 Å². The summed E-state index contributed by atoms with van der Waals surface area (Å²) in [4.78, 5) is 22.1. The van der Waals surface area contributed by atoms with E-state index in [0.717, 1.165) is 39.1 Å². The maximum absolute atomic E-state index is 11.9. The summed E-state index contributed by atoms with van der Waals surface area (Å²) < 4.78 is 2.26. The maximum atomic E-state index is 11.9. The molecule has 2 aliphatic heterocycles. The van der Waals surface area contributed by atoms with Crippen molar-refractivity contribution in [1.29, 1.82) is 0 Å². The number of thiophene rings is 1. The molecule has 4 rings (SSSR count). The summed E-state index contributed by atoms with van der Waals surface area (Å²) in [5, 5.41) is 2.13. The Morgan fingerprint density at radius 3 is 3.14 bits per heavy atom. The summed E-state index contributed by atoms with van der Waals surface area (Å²) in [6.07, 6.45) is 5.59. The molecule has 2 aliphatic rings. The van der Waals surface area contributed by atoms with Gasteiger partial charge in [0.15, 0.2) is 0 Å². The number of hydrogen-bond donors (Lipinski definition) is 0. The van der Waals surface area contributed by atoms with Crippen LogP contribution in [0.2, 0.25) is 0 Å². The molecule has 22 heavy (non-hydrogen) atoms. The molecule has 0 saturated carbocycles. The van der Waals surface area contributed by atoms with E-state index >= 15 is 0 Å². The molecule has 0 bridgehead atoms. The minimum absolute atomic E-state index is 0.303. The van der Waals surface area contributed by atoms with Gasteiger partial charge in [-0.15, -0.1) is 11.3 Å². The number of carbonyl (C=O) groups excluding carboxylic acids is 1. The largest absolute Gasteiger partial charge is 0.341 e. The molecule has 6 heteroatoms. The molecule has 1 fully saturated rings. The monoisotopic (exact) mass is 316 g/mol. The van der Waals surface area contributed by atoms with Crippen LogP contribution in [0.4, 0.5) is 0 Å². The Kier molecular flexibility index (Phi) is 3.72. The van der Waals surface area contributed by atoms with Gasteiger partial charge in [0, 0.05) is 50.2 Å². The number of aromatic nitrogens is 2. The topological polar surface area (TPSA) is 41.4 Å². The Bertz CT molecular complexity index is 651. The average molecular weight is 316 g/mol. The summed E-state index contributed by atoms with van der Waals surface area (Å²) >= 11 is 1.81. The van der Waals surface area contributed by atoms with E-state index in [4.69, 9.17) is 0 Å². The third-order valence-electron chi connectivity index (χ3n) is 4.56. The molecular formula is C16H20N4OS. The summed E-state index contributed by atoms with van der Waals surface area (Å²) in [5.41, 5.74) is 1.25. The molecule has 2 aromatic rings. The molecule has 0 aromatic carbocycles. The Balaban J connectivity index is 1.51. The van der Waals surface area contributed by atoms with Crippen molar-refractivity contribution in [2.45, 2.75) is 32.0 Å². The van der Waals surface area contributed by atoms with Crippen LogP contribution in [0.15, 0.2) is 30.0 Å². The van der Waals surface area contributed by atoms with Crippen molar-refractivity contribution in [1.82, 2.24) is 19.4 Å². The molecule has 5 nitrogen and oxygen atoms in total. The smallest absolute Gasteiger partial charge is 0.222 e. The van der Waals surface area contributed by atoms with Crippen molar-refractivity contribution in [3.63, 3.8) is 0 Å². The van der Waals surface area contributed by atoms with Crippen molar-refractivity contribution < 1.29 is 4.79 Å². The molecule has 1 atom stereocenters. The lowest BCUT2D eigenvalue weighted by molar-refractivity contribution is -0.128. The van der Waals surface area contributed by atoms with E-state index in [1.807, 2.05) is 17.4 Å².